The van der Waals surface area contributed by atoms with E-state index in [0.717, 1.165) is 5.69 Å². The van der Waals surface area contributed by atoms with E-state index in [-0.39, 0.29) is 12.0 Å². The maximum Gasteiger partial charge on any atom is 0.412 e. The largest absolute Gasteiger partial charge is 0.444 e. The normalized spacial score (nSPS) is 13.2. The molecule has 0 saturated carbocycles. The molecule has 19 heavy (non-hydrogen) atoms. The molecule has 106 valence electrons. The summed E-state index contributed by atoms with van der Waals surface area (Å²) < 4.78 is 5.19. The minimum atomic E-state index is -0.520. The molecular formula is C14H23N3O2. The summed E-state index contributed by atoms with van der Waals surface area (Å²) in [5.41, 5.74) is 6.90. The Balaban J connectivity index is 2.75. The van der Waals surface area contributed by atoms with E-state index >= 15 is 0 Å². The summed E-state index contributed by atoms with van der Waals surface area (Å²) in [6.45, 7) is 9.51. The molecule has 1 rings (SSSR count). The van der Waals surface area contributed by atoms with Crippen LogP contribution in [0.15, 0.2) is 18.3 Å². The minimum absolute atomic E-state index is 0.152. The van der Waals surface area contributed by atoms with Crippen molar-refractivity contribution in [2.24, 2.45) is 11.7 Å². The molecule has 3 N–H and O–H groups in total. The fourth-order valence-electron chi connectivity index (χ4n) is 1.47. The highest BCUT2D eigenvalue weighted by Crippen LogP contribution is 2.20. The number of amides is 1. The molecule has 1 heterocycles. The van der Waals surface area contributed by atoms with Crippen LogP contribution in [0.25, 0.3) is 0 Å². The van der Waals surface area contributed by atoms with Crippen molar-refractivity contribution in [3.63, 3.8) is 0 Å². The lowest BCUT2D eigenvalue weighted by molar-refractivity contribution is 0.0636. The van der Waals surface area contributed by atoms with Crippen LogP contribution in [0.2, 0.25) is 0 Å². The van der Waals surface area contributed by atoms with E-state index in [9.17, 15) is 4.79 Å². The Labute approximate surface area is 114 Å². The quantitative estimate of drug-likeness (QED) is 0.880. The van der Waals surface area contributed by atoms with E-state index < -0.39 is 11.7 Å². The second kappa shape index (κ2) is 6.02. The molecule has 0 fully saturated rings. The predicted molar refractivity (Wildman–Crippen MR) is 75.9 cm³/mol. The Hall–Kier alpha value is -1.62. The number of carbonyl (C=O) groups excluding carboxylic acids is 1. The number of ether oxygens (including phenoxy) is 1. The van der Waals surface area contributed by atoms with Gasteiger partial charge in [-0.3, -0.25) is 10.3 Å². The van der Waals surface area contributed by atoms with Crippen molar-refractivity contribution < 1.29 is 9.53 Å². The first kappa shape index (κ1) is 15.4. The van der Waals surface area contributed by atoms with Crippen LogP contribution in [0, 0.1) is 5.92 Å². The molecule has 1 amide bonds. The number of hydrogen-bond acceptors (Lipinski definition) is 4. The Morgan fingerprint density at radius 1 is 1.42 bits per heavy atom. The smallest absolute Gasteiger partial charge is 0.412 e. The van der Waals surface area contributed by atoms with Gasteiger partial charge in [-0.1, -0.05) is 13.8 Å². The predicted octanol–water partition coefficient (Wildman–Crippen LogP) is 3.08. The number of anilines is 1. The summed E-state index contributed by atoms with van der Waals surface area (Å²) in [6.07, 6.45) is 1.15. The van der Waals surface area contributed by atoms with Crippen LogP contribution in [-0.4, -0.2) is 16.7 Å². The first-order valence-electron chi connectivity index (χ1n) is 6.40. The van der Waals surface area contributed by atoms with Gasteiger partial charge in [0.05, 0.1) is 5.69 Å². The topological polar surface area (TPSA) is 77.2 Å². The number of carbonyl (C=O) groups is 1. The van der Waals surface area contributed by atoms with Crippen molar-refractivity contribution >= 4 is 11.8 Å². The van der Waals surface area contributed by atoms with Gasteiger partial charge >= 0.3 is 6.09 Å². The molecule has 0 spiro atoms. The molecule has 1 aromatic rings. The fourth-order valence-corrected chi connectivity index (χ4v) is 1.47. The SMILES string of the molecule is CC(C)C(N)c1cc(NC(=O)OC(C)(C)C)ccn1. The molecule has 1 unspecified atom stereocenters. The van der Waals surface area contributed by atoms with E-state index in [4.69, 9.17) is 10.5 Å². The lowest BCUT2D eigenvalue weighted by Crippen LogP contribution is -2.27. The molecule has 0 aliphatic rings. The lowest BCUT2D eigenvalue weighted by atomic mass is 10.0. The molecular weight excluding hydrogens is 242 g/mol. The van der Waals surface area contributed by atoms with Crippen LogP contribution in [0.4, 0.5) is 10.5 Å². The van der Waals surface area contributed by atoms with Gasteiger partial charge in [-0.05, 0) is 38.8 Å². The average molecular weight is 265 g/mol. The van der Waals surface area contributed by atoms with Gasteiger partial charge < -0.3 is 10.5 Å². The van der Waals surface area contributed by atoms with Crippen LogP contribution in [0.1, 0.15) is 46.4 Å². The van der Waals surface area contributed by atoms with E-state index in [1.54, 1.807) is 18.3 Å². The first-order chi connectivity index (χ1) is 8.69. The number of nitrogens with one attached hydrogen (secondary N) is 1. The van der Waals surface area contributed by atoms with Gasteiger partial charge in [0.2, 0.25) is 0 Å². The van der Waals surface area contributed by atoms with Crippen LogP contribution in [0.5, 0.6) is 0 Å². The van der Waals surface area contributed by atoms with Gasteiger partial charge in [0.15, 0.2) is 0 Å². The van der Waals surface area contributed by atoms with E-state index in [2.05, 4.69) is 10.3 Å². The standard InChI is InChI=1S/C14H23N3O2/c1-9(2)12(15)11-8-10(6-7-16-11)17-13(18)19-14(3,4)5/h6-9,12H,15H2,1-5H3,(H,16,17,18). The summed E-state index contributed by atoms with van der Waals surface area (Å²) in [6, 6.07) is 3.33. The Kier molecular flexibility index (Phi) is 4.89. The zero-order valence-corrected chi connectivity index (χ0v) is 12.2. The maximum absolute atomic E-state index is 11.7. The van der Waals surface area contributed by atoms with Gasteiger partial charge in [-0.15, -0.1) is 0 Å². The minimum Gasteiger partial charge on any atom is -0.444 e. The van der Waals surface area contributed by atoms with Gasteiger partial charge in [0.1, 0.15) is 5.60 Å². The third-order valence-electron chi connectivity index (χ3n) is 2.49. The zero-order valence-electron chi connectivity index (χ0n) is 12.2. The molecule has 0 radical (unpaired) electrons. The molecule has 5 heteroatoms. The van der Waals surface area contributed by atoms with Crippen LogP contribution >= 0.6 is 0 Å². The molecule has 1 atom stereocenters. The number of nitrogens with zero attached hydrogens (tertiary/aromatic N) is 1. The van der Waals surface area contributed by atoms with Crippen LogP contribution in [-0.2, 0) is 4.74 Å². The van der Waals surface area contributed by atoms with Crippen LogP contribution < -0.4 is 11.1 Å². The van der Waals surface area contributed by atoms with Crippen molar-refractivity contribution in [1.29, 1.82) is 0 Å². The molecule has 0 aromatic carbocycles. The Morgan fingerprint density at radius 3 is 2.58 bits per heavy atom. The van der Waals surface area contributed by atoms with E-state index in [1.807, 2.05) is 34.6 Å². The van der Waals surface area contributed by atoms with E-state index in [0.29, 0.717) is 5.69 Å². The van der Waals surface area contributed by atoms with Crippen LogP contribution in [0.3, 0.4) is 0 Å². The van der Waals surface area contributed by atoms with Crippen molar-refractivity contribution in [3.05, 3.63) is 24.0 Å². The molecule has 5 nitrogen and oxygen atoms in total. The zero-order chi connectivity index (χ0) is 14.6. The van der Waals surface area contributed by atoms with Crippen molar-refractivity contribution in [2.45, 2.75) is 46.3 Å². The van der Waals surface area contributed by atoms with E-state index in [1.165, 1.54) is 0 Å². The maximum atomic E-state index is 11.7. The third kappa shape index (κ3) is 5.26. The molecule has 0 bridgehead atoms. The second-order valence-corrected chi connectivity index (χ2v) is 5.87. The lowest BCUT2D eigenvalue weighted by Gasteiger charge is -2.20. The number of hydrogen-bond donors (Lipinski definition) is 2. The first-order valence-corrected chi connectivity index (χ1v) is 6.40. The van der Waals surface area contributed by atoms with Gasteiger partial charge in [-0.2, -0.15) is 0 Å². The highest BCUT2D eigenvalue weighted by molar-refractivity contribution is 5.84. The molecule has 0 aliphatic carbocycles. The summed E-state index contributed by atoms with van der Waals surface area (Å²) in [5, 5.41) is 2.68. The third-order valence-corrected chi connectivity index (χ3v) is 2.49. The second-order valence-electron chi connectivity index (χ2n) is 5.87. The van der Waals surface area contributed by atoms with Crippen molar-refractivity contribution in [2.75, 3.05) is 5.32 Å². The highest BCUT2D eigenvalue weighted by Gasteiger charge is 2.17. The molecule has 1 aromatic heterocycles. The molecule has 0 saturated heterocycles. The number of pyridine rings is 1. The number of rotatable bonds is 3. The number of nitrogens with two attached hydrogens (primary N) is 1. The van der Waals surface area contributed by atoms with Gasteiger partial charge in [-0.25, -0.2) is 4.79 Å². The molecule has 0 aliphatic heterocycles. The summed E-state index contributed by atoms with van der Waals surface area (Å²) in [5.74, 6) is 0.282. The summed E-state index contributed by atoms with van der Waals surface area (Å²) in [4.78, 5) is 15.9. The van der Waals surface area contributed by atoms with Gasteiger partial charge in [0.25, 0.3) is 0 Å². The summed E-state index contributed by atoms with van der Waals surface area (Å²) in [7, 11) is 0. The Bertz CT molecular complexity index is 439. The highest BCUT2D eigenvalue weighted by atomic mass is 16.6. The average Bonchev–Trinajstić information content (AvgIpc) is 2.25. The van der Waals surface area contributed by atoms with Crippen molar-refractivity contribution in [1.82, 2.24) is 4.98 Å². The monoisotopic (exact) mass is 265 g/mol. The van der Waals surface area contributed by atoms with Gasteiger partial charge in [0, 0.05) is 17.9 Å². The Morgan fingerprint density at radius 2 is 2.05 bits per heavy atom. The summed E-state index contributed by atoms with van der Waals surface area (Å²) >= 11 is 0. The van der Waals surface area contributed by atoms with Crippen molar-refractivity contribution in [3.8, 4) is 0 Å². The fraction of sp³-hybridized carbons (Fsp3) is 0.571. The number of aromatic nitrogens is 1.